The van der Waals surface area contributed by atoms with E-state index in [1.54, 1.807) is 0 Å². The first kappa shape index (κ1) is 14.0. The first-order valence-electron chi connectivity index (χ1n) is 6.29. The third-order valence-electron chi connectivity index (χ3n) is 3.47. The van der Waals surface area contributed by atoms with Crippen molar-refractivity contribution in [2.24, 2.45) is 11.8 Å². The Kier molecular flexibility index (Phi) is 5.52. The average Bonchev–Trinajstić information content (AvgIpc) is 2.58. The lowest BCUT2D eigenvalue weighted by Gasteiger charge is -2.26. The molecule has 1 heterocycles. The highest BCUT2D eigenvalue weighted by atomic mass is 79.9. The molecule has 1 N–H and O–H groups in total. The number of nitrogens with one attached hydrogen (secondary N) is 1. The lowest BCUT2D eigenvalue weighted by molar-refractivity contribution is 0.274. The van der Waals surface area contributed by atoms with Crippen molar-refractivity contribution in [1.82, 2.24) is 5.32 Å². The van der Waals surface area contributed by atoms with Gasteiger partial charge in [-0.2, -0.15) is 0 Å². The molecule has 1 aromatic rings. The fourth-order valence-electron chi connectivity index (χ4n) is 2.62. The minimum Gasteiger partial charge on any atom is -0.312 e. The van der Waals surface area contributed by atoms with Gasteiger partial charge in [0.15, 0.2) is 0 Å². The van der Waals surface area contributed by atoms with E-state index in [0.29, 0.717) is 0 Å². The van der Waals surface area contributed by atoms with Crippen molar-refractivity contribution in [3.8, 4) is 0 Å². The number of thiophene rings is 1. The summed E-state index contributed by atoms with van der Waals surface area (Å²) < 4.78 is 2.37. The molecule has 2 unspecified atom stereocenters. The lowest BCUT2D eigenvalue weighted by Crippen LogP contribution is -2.26. The lowest BCUT2D eigenvalue weighted by atomic mass is 9.82. The van der Waals surface area contributed by atoms with Gasteiger partial charge in [-0.15, -0.1) is 11.3 Å². The molecule has 1 aliphatic carbocycles. The van der Waals surface area contributed by atoms with Gasteiger partial charge in [-0.25, -0.2) is 0 Å². The van der Waals surface area contributed by atoms with Crippen molar-refractivity contribution in [2.45, 2.75) is 39.2 Å². The van der Waals surface area contributed by atoms with Gasteiger partial charge in [0, 0.05) is 15.9 Å². The highest BCUT2D eigenvalue weighted by molar-refractivity contribution is 9.13. The highest BCUT2D eigenvalue weighted by Crippen LogP contribution is 2.32. The standard InChI is InChI=1S/C13H19Br2NS/c1-9-3-2-4-10(5-9)7-16-8-11-6-12(14)13(15)17-11/h6,9-10,16H,2-5,7-8H2,1H3. The van der Waals surface area contributed by atoms with Gasteiger partial charge in [0.25, 0.3) is 0 Å². The Morgan fingerprint density at radius 2 is 2.24 bits per heavy atom. The van der Waals surface area contributed by atoms with E-state index in [9.17, 15) is 0 Å². The molecule has 0 bridgehead atoms. The summed E-state index contributed by atoms with van der Waals surface area (Å²) in [5, 5.41) is 3.60. The first-order valence-corrected chi connectivity index (χ1v) is 8.70. The molecular weight excluding hydrogens is 362 g/mol. The molecule has 2 atom stereocenters. The van der Waals surface area contributed by atoms with Crippen molar-refractivity contribution in [3.05, 3.63) is 19.2 Å². The van der Waals surface area contributed by atoms with E-state index >= 15 is 0 Å². The summed E-state index contributed by atoms with van der Waals surface area (Å²) in [5.41, 5.74) is 0. The van der Waals surface area contributed by atoms with Crippen LogP contribution in [0.15, 0.2) is 14.3 Å². The summed E-state index contributed by atoms with van der Waals surface area (Å²) in [6.07, 6.45) is 5.67. The Morgan fingerprint density at radius 1 is 1.41 bits per heavy atom. The molecular formula is C13H19Br2NS. The van der Waals surface area contributed by atoms with Crippen LogP contribution in [0.3, 0.4) is 0 Å². The molecule has 0 aliphatic heterocycles. The van der Waals surface area contributed by atoms with Gasteiger partial charge >= 0.3 is 0 Å². The number of hydrogen-bond donors (Lipinski definition) is 1. The molecule has 0 amide bonds. The summed E-state index contributed by atoms with van der Waals surface area (Å²) in [4.78, 5) is 1.40. The van der Waals surface area contributed by atoms with Crippen LogP contribution in [0.25, 0.3) is 0 Å². The van der Waals surface area contributed by atoms with Crippen molar-refractivity contribution in [3.63, 3.8) is 0 Å². The Bertz CT molecular complexity index is 345. The largest absolute Gasteiger partial charge is 0.312 e. The quantitative estimate of drug-likeness (QED) is 0.757. The van der Waals surface area contributed by atoms with Crippen LogP contribution in [0.2, 0.25) is 0 Å². The number of rotatable bonds is 4. The maximum absolute atomic E-state index is 3.60. The Balaban J connectivity index is 1.72. The Morgan fingerprint density at radius 3 is 2.88 bits per heavy atom. The molecule has 2 rings (SSSR count). The SMILES string of the molecule is CC1CCCC(CNCc2cc(Br)c(Br)s2)C1. The van der Waals surface area contributed by atoms with E-state index < -0.39 is 0 Å². The van der Waals surface area contributed by atoms with Crippen LogP contribution in [-0.2, 0) is 6.54 Å². The van der Waals surface area contributed by atoms with E-state index in [1.165, 1.54) is 45.4 Å². The molecule has 1 aromatic heterocycles. The molecule has 17 heavy (non-hydrogen) atoms. The molecule has 1 saturated carbocycles. The molecule has 0 aromatic carbocycles. The van der Waals surface area contributed by atoms with Crippen LogP contribution in [0.5, 0.6) is 0 Å². The second-order valence-electron chi connectivity index (χ2n) is 5.10. The third-order valence-corrected chi connectivity index (χ3v) is 6.73. The predicted molar refractivity (Wildman–Crippen MR) is 82.5 cm³/mol. The predicted octanol–water partition coefficient (Wildman–Crippen LogP) is 5.19. The fraction of sp³-hybridized carbons (Fsp3) is 0.692. The van der Waals surface area contributed by atoms with Gasteiger partial charge in [0.1, 0.15) is 0 Å². The summed E-state index contributed by atoms with van der Waals surface area (Å²) in [5.74, 6) is 1.83. The maximum atomic E-state index is 3.60. The summed E-state index contributed by atoms with van der Waals surface area (Å²) in [6, 6.07) is 2.20. The van der Waals surface area contributed by atoms with Crippen molar-refractivity contribution >= 4 is 43.2 Å². The van der Waals surface area contributed by atoms with E-state index in [2.05, 4.69) is 50.2 Å². The molecule has 1 aliphatic rings. The Labute approximate surface area is 125 Å². The molecule has 1 fully saturated rings. The minimum absolute atomic E-state index is 0.894. The molecule has 0 saturated heterocycles. The van der Waals surface area contributed by atoms with Crippen LogP contribution < -0.4 is 5.32 Å². The summed E-state index contributed by atoms with van der Waals surface area (Å²) >= 11 is 8.87. The van der Waals surface area contributed by atoms with Crippen LogP contribution in [0.4, 0.5) is 0 Å². The van der Waals surface area contributed by atoms with Gasteiger partial charge in [0.2, 0.25) is 0 Å². The molecule has 96 valence electrons. The smallest absolute Gasteiger partial charge is 0.0843 e. The van der Waals surface area contributed by atoms with Crippen LogP contribution in [-0.4, -0.2) is 6.54 Å². The van der Waals surface area contributed by atoms with E-state index in [0.717, 1.165) is 18.4 Å². The van der Waals surface area contributed by atoms with Crippen LogP contribution in [0.1, 0.15) is 37.5 Å². The van der Waals surface area contributed by atoms with Crippen molar-refractivity contribution in [2.75, 3.05) is 6.54 Å². The third kappa shape index (κ3) is 4.34. The summed E-state index contributed by atoms with van der Waals surface area (Å²) in [6.45, 7) is 4.57. The average molecular weight is 381 g/mol. The monoisotopic (exact) mass is 379 g/mol. The molecule has 4 heteroatoms. The second kappa shape index (κ2) is 6.69. The minimum atomic E-state index is 0.894. The van der Waals surface area contributed by atoms with Crippen LogP contribution in [0, 0.1) is 11.8 Å². The molecule has 0 spiro atoms. The van der Waals surface area contributed by atoms with Gasteiger partial charge in [0.05, 0.1) is 3.79 Å². The van der Waals surface area contributed by atoms with Gasteiger partial charge < -0.3 is 5.32 Å². The van der Waals surface area contributed by atoms with Crippen molar-refractivity contribution < 1.29 is 0 Å². The fourth-order valence-corrected chi connectivity index (χ4v) is 4.77. The second-order valence-corrected chi connectivity index (χ2v) is 8.41. The zero-order valence-electron chi connectivity index (χ0n) is 10.1. The van der Waals surface area contributed by atoms with Gasteiger partial charge in [-0.1, -0.05) is 19.8 Å². The molecule has 0 radical (unpaired) electrons. The first-order chi connectivity index (χ1) is 8.15. The normalized spacial score (nSPS) is 25.1. The number of hydrogen-bond acceptors (Lipinski definition) is 2. The van der Waals surface area contributed by atoms with E-state index in [-0.39, 0.29) is 0 Å². The molecule has 1 nitrogen and oxygen atoms in total. The van der Waals surface area contributed by atoms with Crippen molar-refractivity contribution in [1.29, 1.82) is 0 Å². The zero-order chi connectivity index (χ0) is 12.3. The van der Waals surface area contributed by atoms with E-state index in [1.807, 2.05) is 11.3 Å². The topological polar surface area (TPSA) is 12.0 Å². The highest BCUT2D eigenvalue weighted by Gasteiger charge is 2.18. The number of halogens is 2. The van der Waals surface area contributed by atoms with Gasteiger partial charge in [-0.05, 0) is 69.1 Å². The van der Waals surface area contributed by atoms with E-state index in [4.69, 9.17) is 0 Å². The summed E-state index contributed by atoms with van der Waals surface area (Å²) in [7, 11) is 0. The zero-order valence-corrected chi connectivity index (χ0v) is 14.1. The maximum Gasteiger partial charge on any atom is 0.0843 e. The Hall–Kier alpha value is 0.620. The van der Waals surface area contributed by atoms with Crippen LogP contribution >= 0.6 is 43.2 Å². The van der Waals surface area contributed by atoms with Gasteiger partial charge in [-0.3, -0.25) is 0 Å².